The van der Waals surface area contributed by atoms with E-state index in [1.54, 1.807) is 6.07 Å². The number of aromatic amines is 1. The van der Waals surface area contributed by atoms with Gasteiger partial charge in [0.2, 0.25) is 0 Å². The summed E-state index contributed by atoms with van der Waals surface area (Å²) in [6.07, 6.45) is 0. The Morgan fingerprint density at radius 2 is 1.89 bits per heavy atom. The van der Waals surface area contributed by atoms with Gasteiger partial charge in [-0.25, -0.2) is 9.97 Å². The quantitative estimate of drug-likeness (QED) is 0.567. The van der Waals surface area contributed by atoms with E-state index in [2.05, 4.69) is 15.0 Å². The summed E-state index contributed by atoms with van der Waals surface area (Å²) in [6, 6.07) is 9.43. The molecular formula is C13H13N5. The average Bonchev–Trinajstić information content (AvgIpc) is 2.75. The second-order valence-electron chi connectivity index (χ2n) is 4.26. The van der Waals surface area contributed by atoms with E-state index in [4.69, 9.17) is 11.5 Å². The minimum Gasteiger partial charge on any atom is -0.399 e. The Morgan fingerprint density at radius 3 is 2.67 bits per heavy atom. The molecule has 5 heteroatoms. The van der Waals surface area contributed by atoms with Crippen LogP contribution >= 0.6 is 0 Å². The lowest BCUT2D eigenvalue weighted by Gasteiger charge is -2.01. The minimum atomic E-state index is 0.467. The molecule has 0 saturated heterocycles. The molecule has 0 atom stereocenters. The van der Waals surface area contributed by atoms with Crippen molar-refractivity contribution in [2.75, 3.05) is 11.5 Å². The molecule has 0 spiro atoms. The molecular weight excluding hydrogens is 226 g/mol. The first-order valence-electron chi connectivity index (χ1n) is 5.62. The molecule has 0 fully saturated rings. The number of H-pyrrole nitrogens is 1. The zero-order valence-corrected chi connectivity index (χ0v) is 9.94. The molecule has 0 aliphatic heterocycles. The van der Waals surface area contributed by atoms with Crippen LogP contribution in [0.5, 0.6) is 0 Å². The number of anilines is 2. The molecule has 90 valence electrons. The molecule has 0 bridgehead atoms. The van der Waals surface area contributed by atoms with Gasteiger partial charge >= 0.3 is 0 Å². The molecule has 3 rings (SSSR count). The maximum atomic E-state index is 5.80. The molecule has 0 amide bonds. The Kier molecular flexibility index (Phi) is 2.19. The van der Waals surface area contributed by atoms with Gasteiger partial charge in [-0.2, -0.15) is 0 Å². The van der Waals surface area contributed by atoms with Gasteiger partial charge in [0.1, 0.15) is 11.6 Å². The Balaban J connectivity index is 2.16. The smallest absolute Gasteiger partial charge is 0.180 e. The molecule has 0 aliphatic carbocycles. The van der Waals surface area contributed by atoms with E-state index < -0.39 is 0 Å². The highest BCUT2D eigenvalue weighted by molar-refractivity contribution is 5.77. The van der Waals surface area contributed by atoms with E-state index >= 15 is 0 Å². The first-order valence-corrected chi connectivity index (χ1v) is 5.62. The van der Waals surface area contributed by atoms with Crippen molar-refractivity contribution in [3.05, 3.63) is 35.9 Å². The number of hydrogen-bond acceptors (Lipinski definition) is 4. The lowest BCUT2D eigenvalue weighted by molar-refractivity contribution is 1.30. The van der Waals surface area contributed by atoms with Crippen LogP contribution < -0.4 is 11.5 Å². The van der Waals surface area contributed by atoms with Gasteiger partial charge in [0.15, 0.2) is 5.65 Å². The van der Waals surface area contributed by atoms with Gasteiger partial charge in [0.25, 0.3) is 0 Å². The average molecular weight is 239 g/mol. The number of rotatable bonds is 1. The third-order valence-corrected chi connectivity index (χ3v) is 2.91. The van der Waals surface area contributed by atoms with Crippen LogP contribution in [0.25, 0.3) is 22.6 Å². The van der Waals surface area contributed by atoms with Crippen LogP contribution in [-0.4, -0.2) is 15.0 Å². The zero-order chi connectivity index (χ0) is 12.7. The molecule has 3 aromatic rings. The highest BCUT2D eigenvalue weighted by Crippen LogP contribution is 2.23. The summed E-state index contributed by atoms with van der Waals surface area (Å²) < 4.78 is 0. The van der Waals surface area contributed by atoms with Gasteiger partial charge in [0.05, 0.1) is 5.52 Å². The van der Waals surface area contributed by atoms with Crippen LogP contribution in [0.1, 0.15) is 5.56 Å². The van der Waals surface area contributed by atoms with Gasteiger partial charge < -0.3 is 16.5 Å². The number of aromatic nitrogens is 3. The third-order valence-electron chi connectivity index (χ3n) is 2.91. The maximum Gasteiger partial charge on any atom is 0.180 e. The Labute approximate surface area is 104 Å². The second kappa shape index (κ2) is 3.73. The van der Waals surface area contributed by atoms with Gasteiger partial charge in [-0.15, -0.1) is 0 Å². The lowest BCUT2D eigenvalue weighted by atomic mass is 10.1. The molecule has 5 nitrogen and oxygen atoms in total. The zero-order valence-electron chi connectivity index (χ0n) is 9.94. The predicted molar refractivity (Wildman–Crippen MR) is 72.9 cm³/mol. The summed E-state index contributed by atoms with van der Waals surface area (Å²) in [5.41, 5.74) is 15.7. The molecule has 0 aliphatic rings. The van der Waals surface area contributed by atoms with Crippen LogP contribution in [-0.2, 0) is 0 Å². The summed E-state index contributed by atoms with van der Waals surface area (Å²) in [5.74, 6) is 1.24. The fraction of sp³-hybridized carbons (Fsp3) is 0.0769. The highest BCUT2D eigenvalue weighted by Gasteiger charge is 2.07. The van der Waals surface area contributed by atoms with Gasteiger partial charge in [-0.05, 0) is 42.8 Å². The molecule has 18 heavy (non-hydrogen) atoms. The molecule has 2 heterocycles. The second-order valence-corrected chi connectivity index (χ2v) is 4.26. The van der Waals surface area contributed by atoms with Crippen LogP contribution in [0.15, 0.2) is 30.3 Å². The topological polar surface area (TPSA) is 93.6 Å². The van der Waals surface area contributed by atoms with Crippen LogP contribution in [0, 0.1) is 6.92 Å². The molecule has 1 aromatic carbocycles. The van der Waals surface area contributed by atoms with Crippen molar-refractivity contribution >= 4 is 22.7 Å². The Morgan fingerprint density at radius 1 is 1.06 bits per heavy atom. The third kappa shape index (κ3) is 1.66. The predicted octanol–water partition coefficient (Wildman–Crippen LogP) is 2.10. The number of nitrogens with two attached hydrogens (primary N) is 2. The van der Waals surface area contributed by atoms with Crippen molar-refractivity contribution < 1.29 is 0 Å². The summed E-state index contributed by atoms with van der Waals surface area (Å²) >= 11 is 0. The fourth-order valence-electron chi connectivity index (χ4n) is 1.87. The van der Waals surface area contributed by atoms with E-state index in [0.717, 1.165) is 28.2 Å². The molecule has 0 radical (unpaired) electrons. The molecule has 0 unspecified atom stereocenters. The summed E-state index contributed by atoms with van der Waals surface area (Å²) in [4.78, 5) is 11.8. The van der Waals surface area contributed by atoms with E-state index in [-0.39, 0.29) is 0 Å². The number of pyridine rings is 1. The van der Waals surface area contributed by atoms with E-state index in [1.165, 1.54) is 0 Å². The first-order chi connectivity index (χ1) is 8.63. The lowest BCUT2D eigenvalue weighted by Crippen LogP contribution is -1.90. The first kappa shape index (κ1) is 10.6. The van der Waals surface area contributed by atoms with Crippen molar-refractivity contribution in [3.63, 3.8) is 0 Å². The van der Waals surface area contributed by atoms with E-state index in [1.807, 2.05) is 31.2 Å². The molecule has 2 aromatic heterocycles. The number of nitrogens with one attached hydrogen (secondary N) is 1. The van der Waals surface area contributed by atoms with Crippen molar-refractivity contribution in [1.29, 1.82) is 0 Å². The standard InChI is InChI=1S/C13H13N5/c1-7-6-8(2-3-9(7)14)12-16-10-4-5-11(15)17-13(10)18-12/h2-6H,14H2,1H3,(H3,15,16,17,18). The van der Waals surface area contributed by atoms with E-state index in [0.29, 0.717) is 11.5 Å². The summed E-state index contributed by atoms with van der Waals surface area (Å²) in [7, 11) is 0. The minimum absolute atomic E-state index is 0.467. The van der Waals surface area contributed by atoms with Crippen LogP contribution in [0.4, 0.5) is 11.5 Å². The SMILES string of the molecule is Cc1cc(-c2nc3nc(N)ccc3[nH]2)ccc1N. The van der Waals surface area contributed by atoms with Crippen molar-refractivity contribution in [2.24, 2.45) is 0 Å². The number of aryl methyl sites for hydroxylation is 1. The number of fused-ring (bicyclic) bond motifs is 1. The van der Waals surface area contributed by atoms with Crippen LogP contribution in [0.2, 0.25) is 0 Å². The van der Waals surface area contributed by atoms with Crippen molar-refractivity contribution in [1.82, 2.24) is 15.0 Å². The van der Waals surface area contributed by atoms with Crippen molar-refractivity contribution in [2.45, 2.75) is 6.92 Å². The number of nitrogen functional groups attached to an aromatic ring is 2. The summed E-state index contributed by atoms with van der Waals surface area (Å²) in [5, 5.41) is 0. The monoisotopic (exact) mass is 239 g/mol. The highest BCUT2D eigenvalue weighted by atomic mass is 15.0. The number of nitrogens with zero attached hydrogens (tertiary/aromatic N) is 2. The van der Waals surface area contributed by atoms with E-state index in [9.17, 15) is 0 Å². The number of hydrogen-bond donors (Lipinski definition) is 3. The normalized spacial score (nSPS) is 10.9. The van der Waals surface area contributed by atoms with Gasteiger partial charge in [-0.1, -0.05) is 0 Å². The summed E-state index contributed by atoms with van der Waals surface area (Å²) in [6.45, 7) is 1.97. The number of benzene rings is 1. The van der Waals surface area contributed by atoms with Gasteiger partial charge in [-0.3, -0.25) is 0 Å². The molecule has 0 saturated carbocycles. The Hall–Kier alpha value is -2.56. The molecule has 5 N–H and O–H groups in total. The maximum absolute atomic E-state index is 5.80. The largest absolute Gasteiger partial charge is 0.399 e. The Bertz CT molecular complexity index is 729. The van der Waals surface area contributed by atoms with Crippen LogP contribution in [0.3, 0.4) is 0 Å². The van der Waals surface area contributed by atoms with Gasteiger partial charge in [0, 0.05) is 11.3 Å². The number of imidazole rings is 1. The fourth-order valence-corrected chi connectivity index (χ4v) is 1.87. The van der Waals surface area contributed by atoms with Crippen molar-refractivity contribution in [3.8, 4) is 11.4 Å².